The van der Waals surface area contributed by atoms with Gasteiger partial charge in [0.1, 0.15) is 6.04 Å². The smallest absolute Gasteiger partial charge is 0.318 e. The van der Waals surface area contributed by atoms with Crippen LogP contribution in [-0.2, 0) is 22.1 Å². The molecule has 44 heavy (non-hydrogen) atoms. The van der Waals surface area contributed by atoms with Gasteiger partial charge in [0.2, 0.25) is 5.91 Å². The Morgan fingerprint density at radius 1 is 1.00 bits per heavy atom. The highest BCUT2D eigenvalue weighted by molar-refractivity contribution is 7.84. The van der Waals surface area contributed by atoms with E-state index >= 15 is 0 Å². The highest BCUT2D eigenvalue weighted by atomic mass is 32.2. The topological polar surface area (TPSA) is 101 Å². The van der Waals surface area contributed by atoms with Crippen LogP contribution in [0.15, 0.2) is 77.8 Å². The molecule has 2 heterocycles. The Morgan fingerprint density at radius 3 is 2.41 bits per heavy atom. The number of carbonyl (C=O) groups excluding carboxylic acids is 2. The van der Waals surface area contributed by atoms with Crippen LogP contribution >= 0.6 is 0 Å². The van der Waals surface area contributed by atoms with Crippen LogP contribution in [0, 0.1) is 6.92 Å². The van der Waals surface area contributed by atoms with Crippen molar-refractivity contribution in [2.24, 2.45) is 0 Å². The SMILES string of the molecule is Cc1ccccc1N1CCN(C(=O)N[C@@H](C(=O)Nc2cc(CN(C)C)ccc2S(C)=O)[C@@H](C)c2c[nH]c3ccccc23)CC1. The first-order valence-electron chi connectivity index (χ1n) is 15.0. The zero-order valence-corrected chi connectivity index (χ0v) is 26.9. The fraction of sp³-hybridized carbons (Fsp3) is 0.353. The van der Waals surface area contributed by atoms with Gasteiger partial charge in [-0.2, -0.15) is 0 Å². The van der Waals surface area contributed by atoms with Gasteiger partial charge in [-0.05, 0) is 62.0 Å². The molecule has 9 nitrogen and oxygen atoms in total. The molecule has 0 bridgehead atoms. The number of aromatic amines is 1. The van der Waals surface area contributed by atoms with Crippen LogP contribution in [0.1, 0.15) is 29.5 Å². The van der Waals surface area contributed by atoms with Gasteiger partial charge in [0.05, 0.1) is 21.4 Å². The van der Waals surface area contributed by atoms with Gasteiger partial charge in [-0.25, -0.2) is 4.79 Å². The minimum absolute atomic E-state index is 0.276. The number of nitrogens with one attached hydrogen (secondary N) is 3. The van der Waals surface area contributed by atoms with Gasteiger partial charge in [0, 0.05) is 67.7 Å². The van der Waals surface area contributed by atoms with E-state index in [1.165, 1.54) is 11.3 Å². The van der Waals surface area contributed by atoms with E-state index in [1.54, 1.807) is 17.2 Å². The van der Waals surface area contributed by atoms with E-state index in [2.05, 4.69) is 39.6 Å². The number of rotatable bonds is 9. The molecule has 3 N–H and O–H groups in total. The molecule has 3 amide bonds. The number of hydrogen-bond donors (Lipinski definition) is 3. The Balaban J connectivity index is 1.39. The summed E-state index contributed by atoms with van der Waals surface area (Å²) in [4.78, 5) is 37.8. The van der Waals surface area contributed by atoms with Crippen LogP contribution in [-0.4, -0.2) is 83.5 Å². The highest BCUT2D eigenvalue weighted by Gasteiger charge is 2.33. The van der Waals surface area contributed by atoms with Crippen LogP contribution in [0.25, 0.3) is 10.9 Å². The lowest BCUT2D eigenvalue weighted by Crippen LogP contribution is -2.56. The number of nitrogens with zero attached hydrogens (tertiary/aromatic N) is 3. The van der Waals surface area contributed by atoms with Crippen molar-refractivity contribution in [2.45, 2.75) is 37.2 Å². The maximum atomic E-state index is 14.1. The Kier molecular flexibility index (Phi) is 9.71. The predicted octanol–water partition coefficient (Wildman–Crippen LogP) is 4.92. The molecule has 5 rings (SSSR count). The van der Waals surface area contributed by atoms with Crippen molar-refractivity contribution in [1.29, 1.82) is 0 Å². The monoisotopic (exact) mass is 614 g/mol. The Labute approximate surface area is 262 Å². The zero-order chi connectivity index (χ0) is 31.4. The van der Waals surface area contributed by atoms with Gasteiger partial charge in [-0.1, -0.05) is 49.4 Å². The Morgan fingerprint density at radius 2 is 1.70 bits per heavy atom. The molecular weight excluding hydrogens is 572 g/mol. The molecule has 10 heteroatoms. The quantitative estimate of drug-likeness (QED) is 0.249. The lowest BCUT2D eigenvalue weighted by molar-refractivity contribution is -0.118. The standard InChI is InChI=1S/C34H42N6O3S/c1-23-10-6-9-13-30(23)39-16-18-40(19-17-39)34(42)37-32(24(2)27-21-35-28-12-8-7-11-26(27)28)33(41)36-29-20-25(22-38(3)4)14-15-31(29)44(5)43/h6-15,20-21,24,32,35H,16-19,22H2,1-5H3,(H,36,41)(H,37,42)/t24-,32+,44?/m0/s1. The maximum absolute atomic E-state index is 14.1. The first-order valence-corrected chi connectivity index (χ1v) is 16.5. The van der Waals surface area contributed by atoms with Crippen molar-refractivity contribution in [3.05, 3.63) is 89.6 Å². The normalized spacial score (nSPS) is 15.7. The van der Waals surface area contributed by atoms with Crippen LogP contribution in [0.2, 0.25) is 0 Å². The molecule has 1 fully saturated rings. The van der Waals surface area contributed by atoms with Crippen LogP contribution < -0.4 is 15.5 Å². The lowest BCUT2D eigenvalue weighted by Gasteiger charge is -2.37. The third kappa shape index (κ3) is 6.97. The number of carbonyl (C=O) groups is 2. The number of fused-ring (bicyclic) bond motifs is 1. The van der Waals surface area contributed by atoms with E-state index in [0.717, 1.165) is 22.0 Å². The number of urea groups is 1. The minimum Gasteiger partial charge on any atom is -0.368 e. The summed E-state index contributed by atoms with van der Waals surface area (Å²) in [7, 11) is 2.62. The molecule has 1 aliphatic rings. The number of amides is 3. The molecule has 232 valence electrons. The summed E-state index contributed by atoms with van der Waals surface area (Å²) in [6, 6.07) is 20.6. The number of aromatic nitrogens is 1. The molecule has 1 unspecified atom stereocenters. The number of para-hydroxylation sites is 2. The van der Waals surface area contributed by atoms with E-state index in [-0.39, 0.29) is 17.9 Å². The van der Waals surface area contributed by atoms with E-state index in [9.17, 15) is 13.8 Å². The summed E-state index contributed by atoms with van der Waals surface area (Å²) in [5.74, 6) is -0.715. The molecule has 0 spiro atoms. The average Bonchev–Trinajstić information content (AvgIpc) is 3.44. The van der Waals surface area contributed by atoms with Crippen molar-refractivity contribution in [3.8, 4) is 0 Å². The molecule has 3 aromatic carbocycles. The average molecular weight is 615 g/mol. The zero-order valence-electron chi connectivity index (χ0n) is 26.1. The fourth-order valence-corrected chi connectivity index (χ4v) is 6.64. The first-order chi connectivity index (χ1) is 21.1. The minimum atomic E-state index is -1.32. The molecule has 0 aliphatic carbocycles. The third-order valence-electron chi connectivity index (χ3n) is 8.31. The number of H-pyrrole nitrogens is 1. The number of aryl methyl sites for hydroxylation is 1. The largest absolute Gasteiger partial charge is 0.368 e. The van der Waals surface area contributed by atoms with Gasteiger partial charge in [-0.3, -0.25) is 9.00 Å². The molecule has 3 atom stereocenters. The molecule has 1 aliphatic heterocycles. The van der Waals surface area contributed by atoms with Crippen molar-refractivity contribution < 1.29 is 13.8 Å². The van der Waals surface area contributed by atoms with Gasteiger partial charge in [0.25, 0.3) is 0 Å². The van der Waals surface area contributed by atoms with Crippen LogP contribution in [0.5, 0.6) is 0 Å². The van der Waals surface area contributed by atoms with E-state index in [4.69, 9.17) is 0 Å². The van der Waals surface area contributed by atoms with E-state index in [1.807, 2.05) is 80.6 Å². The molecule has 4 aromatic rings. The number of hydrogen-bond acceptors (Lipinski definition) is 5. The summed E-state index contributed by atoms with van der Waals surface area (Å²) >= 11 is 0. The molecule has 0 saturated carbocycles. The van der Waals surface area contributed by atoms with Gasteiger partial charge < -0.3 is 30.3 Å². The Bertz CT molecular complexity index is 1660. The second kappa shape index (κ2) is 13.7. The van der Waals surface area contributed by atoms with E-state index < -0.39 is 16.8 Å². The van der Waals surface area contributed by atoms with Gasteiger partial charge >= 0.3 is 6.03 Å². The van der Waals surface area contributed by atoms with Crippen molar-refractivity contribution in [2.75, 3.05) is 56.7 Å². The predicted molar refractivity (Wildman–Crippen MR) is 179 cm³/mol. The molecular formula is C34H42N6O3S. The highest BCUT2D eigenvalue weighted by Crippen LogP contribution is 2.30. The Hall–Kier alpha value is -4.15. The third-order valence-corrected chi connectivity index (χ3v) is 9.28. The van der Waals surface area contributed by atoms with Crippen molar-refractivity contribution in [3.63, 3.8) is 0 Å². The van der Waals surface area contributed by atoms with E-state index in [0.29, 0.717) is 43.3 Å². The summed E-state index contributed by atoms with van der Waals surface area (Å²) in [5.41, 5.74) is 5.76. The van der Waals surface area contributed by atoms with Gasteiger partial charge in [0.15, 0.2) is 0 Å². The summed E-state index contributed by atoms with van der Waals surface area (Å²) in [6.07, 6.45) is 3.51. The van der Waals surface area contributed by atoms with Crippen LogP contribution in [0.4, 0.5) is 16.2 Å². The number of benzene rings is 3. The molecule has 1 aromatic heterocycles. The second-order valence-electron chi connectivity index (χ2n) is 11.8. The van der Waals surface area contributed by atoms with Crippen molar-refractivity contribution in [1.82, 2.24) is 20.1 Å². The summed E-state index contributed by atoms with van der Waals surface area (Å²) in [6.45, 7) is 7.22. The first kappa shape index (κ1) is 31.3. The van der Waals surface area contributed by atoms with Crippen molar-refractivity contribution >= 4 is 45.0 Å². The van der Waals surface area contributed by atoms with Crippen LogP contribution in [0.3, 0.4) is 0 Å². The van der Waals surface area contributed by atoms with Gasteiger partial charge in [-0.15, -0.1) is 0 Å². The number of piperazine rings is 1. The lowest BCUT2D eigenvalue weighted by atomic mass is 9.92. The maximum Gasteiger partial charge on any atom is 0.318 e. The number of anilines is 2. The summed E-state index contributed by atoms with van der Waals surface area (Å²) in [5, 5.41) is 7.12. The molecule has 0 radical (unpaired) electrons. The summed E-state index contributed by atoms with van der Waals surface area (Å²) < 4.78 is 12.6. The molecule has 1 saturated heterocycles. The fourth-order valence-electron chi connectivity index (χ4n) is 5.96. The second-order valence-corrected chi connectivity index (χ2v) is 13.1.